The Kier molecular flexibility index (Phi) is 3.29. The van der Waals surface area contributed by atoms with Gasteiger partial charge in [-0.05, 0) is 22.6 Å². The van der Waals surface area contributed by atoms with Crippen molar-refractivity contribution in [2.45, 2.75) is 18.6 Å². The minimum Gasteiger partial charge on any atom is -0.432 e. The standard InChI is InChI=1S/C14H12BrN3O3/c1-2-7-14(10-3-5-11(15)6-4-10)9-17-8-12(18(19)20)16-13(17)21-14/h2-6,8H,1,7,9H2. The SMILES string of the molecule is C=CCC1(c2ccc(Br)cc2)Cn2cc([N+](=O)[O-])nc2O1. The average molecular weight is 350 g/mol. The zero-order valence-electron chi connectivity index (χ0n) is 11.0. The van der Waals surface area contributed by atoms with Crippen LogP contribution in [0.1, 0.15) is 12.0 Å². The fourth-order valence-electron chi connectivity index (χ4n) is 2.51. The summed E-state index contributed by atoms with van der Waals surface area (Å²) >= 11 is 3.40. The van der Waals surface area contributed by atoms with Gasteiger partial charge in [-0.1, -0.05) is 34.1 Å². The highest BCUT2D eigenvalue weighted by Gasteiger charge is 2.44. The number of ether oxygens (including phenoxy) is 1. The number of hydrogen-bond acceptors (Lipinski definition) is 4. The summed E-state index contributed by atoms with van der Waals surface area (Å²) < 4.78 is 8.60. The van der Waals surface area contributed by atoms with E-state index in [1.54, 1.807) is 10.6 Å². The molecule has 0 spiro atoms. The van der Waals surface area contributed by atoms with Gasteiger partial charge < -0.3 is 14.9 Å². The number of imidazole rings is 1. The molecule has 3 rings (SSSR count). The van der Waals surface area contributed by atoms with Crippen molar-refractivity contribution in [2.75, 3.05) is 0 Å². The number of rotatable bonds is 4. The van der Waals surface area contributed by atoms with Gasteiger partial charge in [0.05, 0.1) is 6.54 Å². The molecule has 0 N–H and O–H groups in total. The maximum atomic E-state index is 10.8. The normalized spacial score (nSPS) is 19.9. The lowest BCUT2D eigenvalue weighted by Crippen LogP contribution is -2.31. The van der Waals surface area contributed by atoms with Gasteiger partial charge in [0.2, 0.25) is 0 Å². The molecule has 0 saturated carbocycles. The summed E-state index contributed by atoms with van der Waals surface area (Å²) in [6.45, 7) is 4.25. The molecule has 1 aliphatic rings. The highest BCUT2D eigenvalue weighted by atomic mass is 79.9. The summed E-state index contributed by atoms with van der Waals surface area (Å²) in [7, 11) is 0. The van der Waals surface area contributed by atoms with Gasteiger partial charge in [0.1, 0.15) is 6.20 Å². The molecule has 0 saturated heterocycles. The van der Waals surface area contributed by atoms with Crippen molar-refractivity contribution < 1.29 is 9.66 Å². The molecule has 0 aliphatic carbocycles. The van der Waals surface area contributed by atoms with Crippen molar-refractivity contribution in [2.24, 2.45) is 0 Å². The predicted molar refractivity (Wildman–Crippen MR) is 80.1 cm³/mol. The zero-order valence-corrected chi connectivity index (χ0v) is 12.6. The Morgan fingerprint density at radius 2 is 2.24 bits per heavy atom. The Hall–Kier alpha value is -2.15. The summed E-state index contributed by atoms with van der Waals surface area (Å²) in [5, 5.41) is 10.8. The first-order valence-corrected chi connectivity index (χ1v) is 7.11. The topological polar surface area (TPSA) is 70.2 Å². The van der Waals surface area contributed by atoms with Crippen LogP contribution >= 0.6 is 15.9 Å². The molecule has 0 amide bonds. The van der Waals surface area contributed by atoms with Gasteiger partial charge in [-0.25, -0.2) is 0 Å². The highest BCUT2D eigenvalue weighted by molar-refractivity contribution is 9.10. The van der Waals surface area contributed by atoms with Crippen molar-refractivity contribution in [3.8, 4) is 6.01 Å². The molecule has 1 aliphatic heterocycles. The zero-order chi connectivity index (χ0) is 15.0. The smallest absolute Gasteiger partial charge is 0.415 e. The number of nitrogens with zero attached hydrogens (tertiary/aromatic N) is 3. The van der Waals surface area contributed by atoms with Crippen molar-refractivity contribution in [3.05, 3.63) is 63.3 Å². The van der Waals surface area contributed by atoms with E-state index in [4.69, 9.17) is 4.74 Å². The van der Waals surface area contributed by atoms with E-state index in [0.717, 1.165) is 10.0 Å². The predicted octanol–water partition coefficient (Wildman–Crippen LogP) is 3.42. The third kappa shape index (κ3) is 2.33. The Morgan fingerprint density at radius 3 is 2.81 bits per heavy atom. The molecule has 2 aromatic rings. The molecule has 0 bridgehead atoms. The number of nitro groups is 1. The molecule has 0 radical (unpaired) electrons. The van der Waals surface area contributed by atoms with Crippen molar-refractivity contribution in [3.63, 3.8) is 0 Å². The molecule has 2 heterocycles. The summed E-state index contributed by atoms with van der Waals surface area (Å²) in [6, 6.07) is 8.08. The Bertz CT molecular complexity index is 685. The number of hydrogen-bond donors (Lipinski definition) is 0. The van der Waals surface area contributed by atoms with E-state index >= 15 is 0 Å². The molecule has 6 nitrogen and oxygen atoms in total. The molecular formula is C14H12BrN3O3. The van der Waals surface area contributed by atoms with E-state index in [0.29, 0.717) is 13.0 Å². The molecule has 21 heavy (non-hydrogen) atoms. The second kappa shape index (κ2) is 5.00. The van der Waals surface area contributed by atoms with Gasteiger partial charge in [0.15, 0.2) is 5.60 Å². The number of benzene rings is 1. The molecule has 1 aromatic carbocycles. The van der Waals surface area contributed by atoms with E-state index in [1.165, 1.54) is 6.20 Å². The van der Waals surface area contributed by atoms with Crippen molar-refractivity contribution in [1.29, 1.82) is 0 Å². The summed E-state index contributed by atoms with van der Waals surface area (Å²) in [5.41, 5.74) is 0.374. The number of aromatic nitrogens is 2. The second-order valence-electron chi connectivity index (χ2n) is 4.86. The lowest BCUT2D eigenvalue weighted by molar-refractivity contribution is -0.389. The van der Waals surface area contributed by atoms with E-state index in [2.05, 4.69) is 27.5 Å². The second-order valence-corrected chi connectivity index (χ2v) is 5.78. The van der Waals surface area contributed by atoms with E-state index in [1.807, 2.05) is 24.3 Å². The van der Waals surface area contributed by atoms with Crippen LogP contribution in [0.4, 0.5) is 5.82 Å². The van der Waals surface area contributed by atoms with Crippen LogP contribution in [-0.4, -0.2) is 14.5 Å². The van der Waals surface area contributed by atoms with Gasteiger partial charge in [0, 0.05) is 15.9 Å². The van der Waals surface area contributed by atoms with Crippen LogP contribution in [0.15, 0.2) is 47.6 Å². The Balaban J connectivity index is 1.98. The molecule has 1 aromatic heterocycles. The first-order valence-electron chi connectivity index (χ1n) is 6.31. The molecular weight excluding hydrogens is 338 g/mol. The van der Waals surface area contributed by atoms with Crippen molar-refractivity contribution >= 4 is 21.7 Å². The average Bonchev–Trinajstić information content (AvgIpc) is 2.96. The van der Waals surface area contributed by atoms with Gasteiger partial charge in [-0.3, -0.25) is 4.57 Å². The lowest BCUT2D eigenvalue weighted by atomic mass is 9.90. The first kappa shape index (κ1) is 13.8. The molecule has 0 fully saturated rings. The van der Waals surface area contributed by atoms with Crippen LogP contribution in [0, 0.1) is 10.1 Å². The maximum Gasteiger partial charge on any atom is 0.415 e. The van der Waals surface area contributed by atoms with Crippen molar-refractivity contribution in [1.82, 2.24) is 9.55 Å². The van der Waals surface area contributed by atoms with Gasteiger partial charge in [0.25, 0.3) is 0 Å². The summed E-state index contributed by atoms with van der Waals surface area (Å²) in [4.78, 5) is 14.1. The quantitative estimate of drug-likeness (QED) is 0.481. The third-order valence-corrected chi connectivity index (χ3v) is 4.00. The molecule has 1 unspecified atom stereocenters. The van der Waals surface area contributed by atoms with Gasteiger partial charge >= 0.3 is 11.8 Å². The minimum atomic E-state index is -0.611. The fourth-order valence-corrected chi connectivity index (χ4v) is 2.78. The maximum absolute atomic E-state index is 10.8. The van der Waals surface area contributed by atoms with Crippen LogP contribution in [-0.2, 0) is 12.1 Å². The van der Waals surface area contributed by atoms with Crippen LogP contribution in [0.5, 0.6) is 6.01 Å². The van der Waals surface area contributed by atoms with E-state index in [-0.39, 0.29) is 11.8 Å². The Labute approximate surface area is 129 Å². The monoisotopic (exact) mass is 349 g/mol. The van der Waals surface area contributed by atoms with Gasteiger partial charge in [-0.15, -0.1) is 6.58 Å². The number of fused-ring (bicyclic) bond motifs is 1. The number of halogens is 1. The molecule has 7 heteroatoms. The third-order valence-electron chi connectivity index (χ3n) is 3.47. The van der Waals surface area contributed by atoms with Crippen LogP contribution in [0.3, 0.4) is 0 Å². The van der Waals surface area contributed by atoms with E-state index in [9.17, 15) is 10.1 Å². The highest BCUT2D eigenvalue weighted by Crippen LogP contribution is 2.40. The van der Waals surface area contributed by atoms with Gasteiger partial charge in [-0.2, -0.15) is 0 Å². The van der Waals surface area contributed by atoms with Crippen LogP contribution in [0.25, 0.3) is 0 Å². The minimum absolute atomic E-state index is 0.201. The Morgan fingerprint density at radius 1 is 1.52 bits per heavy atom. The van der Waals surface area contributed by atoms with E-state index < -0.39 is 10.5 Å². The lowest BCUT2D eigenvalue weighted by Gasteiger charge is -2.26. The first-order chi connectivity index (χ1) is 10.0. The fraction of sp³-hybridized carbons (Fsp3) is 0.214. The summed E-state index contributed by atoms with van der Waals surface area (Å²) in [5.74, 6) is -0.201. The molecule has 1 atom stereocenters. The molecule has 108 valence electrons. The summed E-state index contributed by atoms with van der Waals surface area (Å²) in [6.07, 6.45) is 3.77. The van der Waals surface area contributed by atoms with Crippen LogP contribution in [0.2, 0.25) is 0 Å². The van der Waals surface area contributed by atoms with Crippen LogP contribution < -0.4 is 4.74 Å². The largest absolute Gasteiger partial charge is 0.432 e.